The molecular weight excluding hydrogens is 386 g/mol. The van der Waals surface area contributed by atoms with Crippen molar-refractivity contribution < 1.29 is 14.3 Å². The first-order chi connectivity index (χ1) is 14.0. The number of piperidine rings is 1. The van der Waals surface area contributed by atoms with Crippen LogP contribution in [0.15, 0.2) is 23.2 Å². The second kappa shape index (κ2) is 10.4. The average molecular weight is 420 g/mol. The molecule has 3 heterocycles. The first kappa shape index (κ1) is 22.0. The number of likely N-dealkylation sites (N-methyl/N-ethyl adjacent to an activating group) is 1. The zero-order valence-electron chi connectivity index (χ0n) is 17.9. The summed E-state index contributed by atoms with van der Waals surface area (Å²) in [6, 6.07) is 4.15. The Labute approximate surface area is 178 Å². The molecule has 1 aromatic heterocycles. The van der Waals surface area contributed by atoms with Crippen molar-refractivity contribution >= 4 is 28.7 Å². The predicted molar refractivity (Wildman–Crippen MR) is 117 cm³/mol. The van der Waals surface area contributed by atoms with Gasteiger partial charge in [-0.15, -0.1) is 11.3 Å². The summed E-state index contributed by atoms with van der Waals surface area (Å²) in [6.45, 7) is 5.87. The highest BCUT2D eigenvalue weighted by molar-refractivity contribution is 7.11. The summed E-state index contributed by atoms with van der Waals surface area (Å²) in [6.07, 6.45) is 4.81. The largest absolute Gasteiger partial charge is 0.381 e. The molecule has 0 spiro atoms. The van der Waals surface area contributed by atoms with Crippen LogP contribution in [0.3, 0.4) is 0 Å². The lowest BCUT2D eigenvalue weighted by Gasteiger charge is -2.36. The van der Waals surface area contributed by atoms with Gasteiger partial charge in [0.05, 0.1) is 5.57 Å². The van der Waals surface area contributed by atoms with E-state index >= 15 is 0 Å². The molecule has 160 valence electrons. The minimum Gasteiger partial charge on any atom is -0.381 e. The number of thiophene rings is 1. The van der Waals surface area contributed by atoms with Gasteiger partial charge in [0.1, 0.15) is 5.70 Å². The van der Waals surface area contributed by atoms with Crippen LogP contribution in [-0.4, -0.2) is 79.5 Å². The summed E-state index contributed by atoms with van der Waals surface area (Å²) in [4.78, 5) is 33.2. The van der Waals surface area contributed by atoms with Crippen LogP contribution in [0.25, 0.3) is 5.57 Å². The quantitative estimate of drug-likeness (QED) is 0.431. The van der Waals surface area contributed by atoms with Gasteiger partial charge in [0, 0.05) is 37.7 Å². The molecule has 1 saturated heterocycles. The van der Waals surface area contributed by atoms with Crippen molar-refractivity contribution in [2.24, 2.45) is 0 Å². The minimum atomic E-state index is -0.166. The van der Waals surface area contributed by atoms with Gasteiger partial charge in [-0.3, -0.25) is 14.5 Å². The van der Waals surface area contributed by atoms with Gasteiger partial charge in [0.15, 0.2) is 0 Å². The number of imide groups is 1. The van der Waals surface area contributed by atoms with Crippen LogP contribution in [0.5, 0.6) is 0 Å². The number of nitrogens with zero attached hydrogens (tertiary/aromatic N) is 3. The Morgan fingerprint density at radius 1 is 1.17 bits per heavy atom. The van der Waals surface area contributed by atoms with E-state index in [-0.39, 0.29) is 17.9 Å². The number of likely N-dealkylation sites (tertiary alicyclic amines) is 1. The molecule has 2 aliphatic rings. The highest BCUT2D eigenvalue weighted by Gasteiger charge is 2.42. The van der Waals surface area contributed by atoms with E-state index < -0.39 is 0 Å². The fourth-order valence-corrected chi connectivity index (χ4v) is 4.74. The smallest absolute Gasteiger partial charge is 0.277 e. The first-order valence-electron chi connectivity index (χ1n) is 10.7. The second-order valence-corrected chi connectivity index (χ2v) is 8.88. The van der Waals surface area contributed by atoms with Crippen LogP contribution < -0.4 is 0 Å². The minimum absolute atomic E-state index is 0.159. The van der Waals surface area contributed by atoms with Crippen LogP contribution >= 0.6 is 11.3 Å². The molecule has 0 N–H and O–H groups in total. The normalized spacial score (nSPS) is 18.9. The topological polar surface area (TPSA) is 53.1 Å². The third-order valence-electron chi connectivity index (χ3n) is 5.81. The van der Waals surface area contributed by atoms with Crippen molar-refractivity contribution in [3.05, 3.63) is 28.1 Å². The molecule has 0 atom stereocenters. The fraction of sp³-hybridized carbons (Fsp3) is 0.636. The predicted octanol–water partition coefficient (Wildman–Crippen LogP) is 3.06. The van der Waals surface area contributed by atoms with Crippen molar-refractivity contribution in [2.75, 3.05) is 46.9 Å². The standard InChI is InChI=1S/C22H33N3O3S/c1-4-5-14-28-15-7-11-25-21(26)19(18-8-6-16-29-18)20(22(25)27)24(3)17-9-12-23(2)13-10-17/h6,8,16-17H,4-5,7,9-15H2,1-3H3. The maximum atomic E-state index is 13.3. The van der Waals surface area contributed by atoms with E-state index in [4.69, 9.17) is 4.74 Å². The van der Waals surface area contributed by atoms with E-state index in [0.717, 1.165) is 50.3 Å². The first-order valence-corrected chi connectivity index (χ1v) is 11.6. The lowest BCUT2D eigenvalue weighted by molar-refractivity contribution is -0.137. The molecule has 0 unspecified atom stereocenters. The third-order valence-corrected chi connectivity index (χ3v) is 6.70. The average Bonchev–Trinajstić information content (AvgIpc) is 3.32. The van der Waals surface area contributed by atoms with Gasteiger partial charge >= 0.3 is 0 Å². The van der Waals surface area contributed by atoms with Gasteiger partial charge in [-0.25, -0.2) is 0 Å². The number of unbranched alkanes of at least 4 members (excludes halogenated alkanes) is 1. The lowest BCUT2D eigenvalue weighted by atomic mass is 10.0. The zero-order chi connectivity index (χ0) is 20.8. The second-order valence-electron chi connectivity index (χ2n) is 7.93. The highest BCUT2D eigenvalue weighted by Crippen LogP contribution is 2.35. The number of amides is 2. The van der Waals surface area contributed by atoms with E-state index in [1.165, 1.54) is 16.2 Å². The van der Waals surface area contributed by atoms with Crippen LogP contribution in [-0.2, 0) is 14.3 Å². The van der Waals surface area contributed by atoms with E-state index in [1.54, 1.807) is 0 Å². The number of hydrogen-bond donors (Lipinski definition) is 0. The van der Waals surface area contributed by atoms with Crippen LogP contribution in [0, 0.1) is 0 Å². The SMILES string of the molecule is CCCCOCCCN1C(=O)C(c2cccs2)=C(N(C)C2CCN(C)CC2)C1=O. The summed E-state index contributed by atoms with van der Waals surface area (Å²) >= 11 is 1.52. The molecule has 0 bridgehead atoms. The molecule has 2 amide bonds. The summed E-state index contributed by atoms with van der Waals surface area (Å²) in [7, 11) is 4.10. The van der Waals surface area contributed by atoms with Crippen molar-refractivity contribution in [1.82, 2.24) is 14.7 Å². The molecule has 0 saturated carbocycles. The number of ether oxygens (including phenoxy) is 1. The van der Waals surface area contributed by atoms with Gasteiger partial charge in [-0.2, -0.15) is 0 Å². The Morgan fingerprint density at radius 3 is 2.55 bits per heavy atom. The zero-order valence-corrected chi connectivity index (χ0v) is 18.7. The van der Waals surface area contributed by atoms with Crippen molar-refractivity contribution in [2.45, 2.75) is 45.1 Å². The van der Waals surface area contributed by atoms with Crippen LogP contribution in [0.4, 0.5) is 0 Å². The summed E-state index contributed by atoms with van der Waals surface area (Å²) in [5.74, 6) is -0.325. The number of rotatable bonds is 10. The molecular formula is C22H33N3O3S. The Morgan fingerprint density at radius 2 is 1.90 bits per heavy atom. The maximum absolute atomic E-state index is 13.3. The Kier molecular flexibility index (Phi) is 7.86. The highest BCUT2D eigenvalue weighted by atomic mass is 32.1. The number of hydrogen-bond acceptors (Lipinski definition) is 6. The Balaban J connectivity index is 1.74. The van der Waals surface area contributed by atoms with E-state index in [1.807, 2.05) is 24.6 Å². The van der Waals surface area contributed by atoms with Crippen molar-refractivity contribution in [1.29, 1.82) is 0 Å². The molecule has 6 nitrogen and oxygen atoms in total. The maximum Gasteiger partial charge on any atom is 0.277 e. The number of carbonyl (C=O) groups is 2. The lowest BCUT2D eigenvalue weighted by Crippen LogP contribution is -2.43. The molecule has 0 aliphatic carbocycles. The number of carbonyl (C=O) groups excluding carboxylic acids is 2. The fourth-order valence-electron chi connectivity index (χ4n) is 3.97. The van der Waals surface area contributed by atoms with E-state index in [0.29, 0.717) is 30.8 Å². The van der Waals surface area contributed by atoms with Crippen LogP contribution in [0.2, 0.25) is 0 Å². The van der Waals surface area contributed by atoms with Gasteiger partial charge < -0.3 is 14.5 Å². The Bertz CT molecular complexity index is 724. The summed E-state index contributed by atoms with van der Waals surface area (Å²) in [5.41, 5.74) is 1.14. The van der Waals surface area contributed by atoms with Gasteiger partial charge in [0.25, 0.3) is 11.8 Å². The molecule has 2 aliphatic heterocycles. The molecule has 29 heavy (non-hydrogen) atoms. The van der Waals surface area contributed by atoms with E-state index in [9.17, 15) is 9.59 Å². The monoisotopic (exact) mass is 419 g/mol. The van der Waals surface area contributed by atoms with Crippen LogP contribution in [0.1, 0.15) is 43.9 Å². The summed E-state index contributed by atoms with van der Waals surface area (Å²) in [5, 5.41) is 1.96. The van der Waals surface area contributed by atoms with Gasteiger partial charge in [-0.05, 0) is 57.3 Å². The van der Waals surface area contributed by atoms with Crippen molar-refractivity contribution in [3.63, 3.8) is 0 Å². The molecule has 0 aromatic carbocycles. The molecule has 1 fully saturated rings. The third kappa shape index (κ3) is 5.08. The van der Waals surface area contributed by atoms with Gasteiger partial charge in [-0.1, -0.05) is 19.4 Å². The molecule has 0 radical (unpaired) electrons. The Hall–Kier alpha value is -1.70. The van der Waals surface area contributed by atoms with E-state index in [2.05, 4.69) is 23.8 Å². The van der Waals surface area contributed by atoms with Gasteiger partial charge in [0.2, 0.25) is 0 Å². The molecule has 1 aromatic rings. The summed E-state index contributed by atoms with van der Waals surface area (Å²) < 4.78 is 5.61. The van der Waals surface area contributed by atoms with Crippen molar-refractivity contribution in [3.8, 4) is 0 Å². The molecule has 7 heteroatoms. The molecule has 3 rings (SSSR count).